The minimum atomic E-state index is -6.66. The molecule has 0 bridgehead atoms. The van der Waals surface area contributed by atoms with Gasteiger partial charge < -0.3 is 10.2 Å². The number of halogens is 10. The Bertz CT molecular complexity index is 283. The van der Waals surface area contributed by atoms with Gasteiger partial charge in [-0.3, -0.25) is 0 Å². The molecule has 1 atom stereocenters. The van der Waals surface area contributed by atoms with Crippen molar-refractivity contribution in [2.75, 3.05) is 0 Å². The van der Waals surface area contributed by atoms with E-state index >= 15 is 0 Å². The van der Waals surface area contributed by atoms with E-state index in [-0.39, 0.29) is 0 Å². The van der Waals surface area contributed by atoms with E-state index in [1.54, 1.807) is 0 Å². The van der Waals surface area contributed by atoms with E-state index in [1.807, 2.05) is 0 Å². The third kappa shape index (κ3) is 2.96. The molecule has 12 heteroatoms. The zero-order valence-electron chi connectivity index (χ0n) is 7.88. The molecule has 0 aliphatic heterocycles. The van der Waals surface area contributed by atoms with E-state index in [2.05, 4.69) is 0 Å². The first kappa shape index (κ1) is 17.2. The molecule has 18 heavy (non-hydrogen) atoms. The maximum atomic E-state index is 12.4. The predicted octanol–water partition coefficient (Wildman–Crippen LogP) is 2.45. The molecule has 0 amide bonds. The van der Waals surface area contributed by atoms with Gasteiger partial charge in [0, 0.05) is 0 Å². The Balaban J connectivity index is 5.58. The topological polar surface area (TPSA) is 40.5 Å². The molecule has 110 valence electrons. The third-order valence-corrected chi connectivity index (χ3v) is 1.86. The van der Waals surface area contributed by atoms with Gasteiger partial charge in [-0.25, -0.2) is 4.39 Å². The highest BCUT2D eigenvalue weighted by Crippen LogP contribution is 2.50. The lowest BCUT2D eigenvalue weighted by atomic mass is 9.93. The van der Waals surface area contributed by atoms with Crippen LogP contribution in [0.2, 0.25) is 0 Å². The van der Waals surface area contributed by atoms with Crippen LogP contribution in [0, 0.1) is 0 Å². The third-order valence-electron chi connectivity index (χ3n) is 1.86. The standard InChI is InChI=1S/C6H4F10O2/c7-3(18,6(14,15)16)1-2(17,4(8,9)10)5(11,12)13/h17-18H,1H2. The molecule has 0 aliphatic rings. The zero-order chi connectivity index (χ0) is 15.2. The van der Waals surface area contributed by atoms with Crippen LogP contribution in [0.15, 0.2) is 0 Å². The molecular weight excluding hydrogens is 294 g/mol. The fourth-order valence-corrected chi connectivity index (χ4v) is 0.800. The van der Waals surface area contributed by atoms with Crippen LogP contribution in [0.5, 0.6) is 0 Å². The molecule has 0 radical (unpaired) electrons. The number of hydrogen-bond donors (Lipinski definition) is 2. The maximum absolute atomic E-state index is 12.4. The molecule has 0 saturated heterocycles. The monoisotopic (exact) mass is 298 g/mol. The average molecular weight is 298 g/mol. The molecule has 0 aromatic heterocycles. The van der Waals surface area contributed by atoms with E-state index in [0.717, 1.165) is 0 Å². The molecule has 0 aliphatic carbocycles. The average Bonchev–Trinajstić information content (AvgIpc) is 1.95. The van der Waals surface area contributed by atoms with Crippen LogP contribution in [0.4, 0.5) is 43.9 Å². The fourth-order valence-electron chi connectivity index (χ4n) is 0.800. The lowest BCUT2D eigenvalue weighted by molar-refractivity contribution is -0.406. The summed E-state index contributed by atoms with van der Waals surface area (Å²) in [7, 11) is 0. The first-order chi connectivity index (χ1) is 7.46. The summed E-state index contributed by atoms with van der Waals surface area (Å²) in [6.45, 7) is 0. The largest absolute Gasteiger partial charge is 0.448 e. The van der Waals surface area contributed by atoms with Crippen LogP contribution >= 0.6 is 0 Å². The lowest BCUT2D eigenvalue weighted by Gasteiger charge is -2.36. The van der Waals surface area contributed by atoms with Crippen molar-refractivity contribution in [3.8, 4) is 0 Å². The minimum absolute atomic E-state index is 3.67. The predicted molar refractivity (Wildman–Crippen MR) is 33.8 cm³/mol. The van der Waals surface area contributed by atoms with Crippen molar-refractivity contribution in [2.45, 2.75) is 36.4 Å². The van der Waals surface area contributed by atoms with Crippen molar-refractivity contribution in [1.29, 1.82) is 0 Å². The zero-order valence-corrected chi connectivity index (χ0v) is 7.88. The molecule has 0 aromatic rings. The number of rotatable bonds is 2. The summed E-state index contributed by atoms with van der Waals surface area (Å²) in [5.74, 6) is -5.85. The summed E-state index contributed by atoms with van der Waals surface area (Å²) in [5.41, 5.74) is -6.03. The van der Waals surface area contributed by atoms with Crippen LogP contribution in [0.1, 0.15) is 6.42 Å². The van der Waals surface area contributed by atoms with E-state index in [9.17, 15) is 43.9 Å². The molecule has 0 fully saturated rings. The van der Waals surface area contributed by atoms with Gasteiger partial charge in [-0.1, -0.05) is 0 Å². The van der Waals surface area contributed by atoms with Crippen molar-refractivity contribution in [2.24, 2.45) is 0 Å². The van der Waals surface area contributed by atoms with E-state index in [4.69, 9.17) is 10.2 Å². The van der Waals surface area contributed by atoms with Gasteiger partial charge in [0.2, 0.25) is 0 Å². The number of alkyl halides is 10. The fraction of sp³-hybridized carbons (Fsp3) is 1.00. The Morgan fingerprint density at radius 1 is 0.556 bits per heavy atom. The van der Waals surface area contributed by atoms with Crippen LogP contribution in [0.25, 0.3) is 0 Å². The molecule has 2 N–H and O–H groups in total. The highest BCUT2D eigenvalue weighted by Gasteiger charge is 2.75. The molecule has 0 rings (SSSR count). The quantitative estimate of drug-likeness (QED) is 0.769. The van der Waals surface area contributed by atoms with Crippen molar-refractivity contribution in [1.82, 2.24) is 0 Å². The maximum Gasteiger partial charge on any atom is 0.448 e. The lowest BCUT2D eigenvalue weighted by Crippen LogP contribution is -2.62. The second-order valence-electron chi connectivity index (χ2n) is 3.29. The van der Waals surface area contributed by atoms with E-state index in [1.165, 1.54) is 0 Å². The Morgan fingerprint density at radius 3 is 1.00 bits per heavy atom. The van der Waals surface area contributed by atoms with Crippen molar-refractivity contribution in [3.63, 3.8) is 0 Å². The molecule has 0 saturated carbocycles. The normalized spacial score (nSPS) is 18.7. The summed E-state index contributed by atoms with van der Waals surface area (Å²) < 4.78 is 119. The van der Waals surface area contributed by atoms with Crippen molar-refractivity contribution >= 4 is 0 Å². The summed E-state index contributed by atoms with van der Waals surface area (Å²) in [4.78, 5) is 0. The highest BCUT2D eigenvalue weighted by molar-refractivity contribution is 4.99. The van der Waals surface area contributed by atoms with Crippen LogP contribution in [-0.2, 0) is 0 Å². The van der Waals surface area contributed by atoms with Gasteiger partial charge in [-0.2, -0.15) is 39.5 Å². The van der Waals surface area contributed by atoms with Gasteiger partial charge in [0.1, 0.15) is 0 Å². The number of aliphatic hydroxyl groups is 2. The van der Waals surface area contributed by atoms with Crippen LogP contribution < -0.4 is 0 Å². The Kier molecular flexibility index (Phi) is 3.94. The minimum Gasteiger partial charge on any atom is -0.373 e. The van der Waals surface area contributed by atoms with Gasteiger partial charge in [-0.15, -0.1) is 0 Å². The van der Waals surface area contributed by atoms with Gasteiger partial charge in [0.05, 0.1) is 6.42 Å². The van der Waals surface area contributed by atoms with Crippen molar-refractivity contribution in [3.05, 3.63) is 0 Å². The van der Waals surface area contributed by atoms with Gasteiger partial charge in [-0.05, 0) is 0 Å². The molecule has 0 heterocycles. The SMILES string of the molecule is OC(F)(CC(O)(C(F)(F)F)C(F)(F)F)C(F)(F)F. The molecule has 0 aromatic carbocycles. The first-order valence-corrected chi connectivity index (χ1v) is 3.79. The summed E-state index contributed by atoms with van der Waals surface area (Å²) >= 11 is 0. The van der Waals surface area contributed by atoms with Crippen LogP contribution in [0.3, 0.4) is 0 Å². The summed E-state index contributed by atoms with van der Waals surface area (Å²) in [6, 6.07) is 0. The Labute approximate surface area is 91.8 Å². The molecular formula is C6H4F10O2. The highest BCUT2D eigenvalue weighted by atomic mass is 19.4. The summed E-state index contributed by atoms with van der Waals surface area (Å²) in [5, 5.41) is 16.2. The number of hydrogen-bond acceptors (Lipinski definition) is 2. The molecule has 1 unspecified atom stereocenters. The second-order valence-corrected chi connectivity index (χ2v) is 3.29. The van der Waals surface area contributed by atoms with Gasteiger partial charge in [0.25, 0.3) is 5.60 Å². The molecule has 2 nitrogen and oxygen atoms in total. The molecule has 0 spiro atoms. The van der Waals surface area contributed by atoms with E-state index < -0.39 is 36.4 Å². The van der Waals surface area contributed by atoms with Gasteiger partial charge >= 0.3 is 24.4 Å². The Morgan fingerprint density at radius 2 is 0.833 bits per heavy atom. The second kappa shape index (κ2) is 4.11. The van der Waals surface area contributed by atoms with Gasteiger partial charge in [0.15, 0.2) is 0 Å². The van der Waals surface area contributed by atoms with Crippen LogP contribution in [-0.4, -0.2) is 40.2 Å². The van der Waals surface area contributed by atoms with E-state index in [0.29, 0.717) is 0 Å². The first-order valence-electron chi connectivity index (χ1n) is 3.79. The Hall–Kier alpha value is -0.780. The smallest absolute Gasteiger partial charge is 0.373 e. The van der Waals surface area contributed by atoms with Crippen molar-refractivity contribution < 1.29 is 54.1 Å². The summed E-state index contributed by atoms with van der Waals surface area (Å²) in [6.07, 6.45) is -23.4.